The van der Waals surface area contributed by atoms with Gasteiger partial charge in [0.1, 0.15) is 5.56 Å². The van der Waals surface area contributed by atoms with Crippen LogP contribution in [0, 0.1) is 22.0 Å². The average Bonchev–Trinajstić information content (AvgIpc) is 2.29. The second-order valence-electron chi connectivity index (χ2n) is 3.31. The second-order valence-corrected chi connectivity index (χ2v) is 5.02. The highest BCUT2D eigenvalue weighted by molar-refractivity contribution is 8.13. The molecule has 18 heavy (non-hydrogen) atoms. The Morgan fingerprint density at radius 3 is 2.89 bits per heavy atom. The first-order valence-corrected chi connectivity index (χ1v) is 6.43. The van der Waals surface area contributed by atoms with E-state index in [4.69, 9.17) is 11.6 Å². The van der Waals surface area contributed by atoms with E-state index in [1.54, 1.807) is 6.07 Å². The number of halogens is 1. The summed E-state index contributed by atoms with van der Waals surface area (Å²) in [5.74, 6) is 6.11. The first-order chi connectivity index (χ1) is 8.50. The van der Waals surface area contributed by atoms with Crippen LogP contribution in [0.25, 0.3) is 0 Å². The van der Waals surface area contributed by atoms with Gasteiger partial charge < -0.3 is 0 Å². The highest BCUT2D eigenvalue weighted by Gasteiger charge is 2.11. The number of thioether (sulfide) groups is 1. The van der Waals surface area contributed by atoms with Gasteiger partial charge in [-0.15, -0.1) is 0 Å². The summed E-state index contributed by atoms with van der Waals surface area (Å²) in [4.78, 5) is 20.9. The van der Waals surface area contributed by atoms with Gasteiger partial charge in [-0.3, -0.25) is 14.9 Å². The van der Waals surface area contributed by atoms with Crippen molar-refractivity contribution in [1.29, 1.82) is 0 Å². The van der Waals surface area contributed by atoms with Gasteiger partial charge in [-0.05, 0) is 12.1 Å². The minimum absolute atomic E-state index is 0.0364. The Morgan fingerprint density at radius 1 is 1.56 bits per heavy atom. The monoisotopic (exact) mass is 283 g/mol. The van der Waals surface area contributed by atoms with Gasteiger partial charge in [0.15, 0.2) is 5.12 Å². The minimum Gasteiger partial charge on any atom is -0.288 e. The maximum absolute atomic E-state index is 10.8. The number of hydrogen-bond donors (Lipinski definition) is 0. The summed E-state index contributed by atoms with van der Waals surface area (Å²) in [7, 11) is 0. The van der Waals surface area contributed by atoms with Crippen molar-refractivity contribution >= 4 is 34.2 Å². The molecule has 4 nitrogen and oxygen atoms in total. The predicted octanol–water partition coefficient (Wildman–Crippen LogP) is 3.27. The van der Waals surface area contributed by atoms with Crippen molar-refractivity contribution in [2.24, 2.45) is 0 Å². The lowest BCUT2D eigenvalue weighted by molar-refractivity contribution is -0.385. The molecular weight excluding hydrogens is 274 g/mol. The molecule has 0 aliphatic rings. The molecule has 0 bridgehead atoms. The van der Waals surface area contributed by atoms with Crippen LogP contribution in [0.4, 0.5) is 5.69 Å². The molecule has 1 rings (SSSR count). The Balaban J connectivity index is 2.75. The third-order valence-electron chi connectivity index (χ3n) is 1.91. The molecule has 0 atom stereocenters. The van der Waals surface area contributed by atoms with Crippen LogP contribution in [-0.2, 0) is 4.79 Å². The van der Waals surface area contributed by atoms with Gasteiger partial charge in [-0.25, -0.2) is 0 Å². The molecule has 1 aromatic rings. The van der Waals surface area contributed by atoms with E-state index in [0.717, 1.165) is 0 Å². The topological polar surface area (TPSA) is 60.2 Å². The largest absolute Gasteiger partial charge is 0.288 e. The molecule has 0 amide bonds. The number of carbonyl (C=O) groups excluding carboxylic acids is 1. The third kappa shape index (κ3) is 4.78. The van der Waals surface area contributed by atoms with Crippen LogP contribution >= 0.6 is 23.4 Å². The smallest absolute Gasteiger partial charge is 0.286 e. The summed E-state index contributed by atoms with van der Waals surface area (Å²) in [5, 5.41) is 11.1. The van der Waals surface area contributed by atoms with E-state index in [-0.39, 0.29) is 10.8 Å². The van der Waals surface area contributed by atoms with Crippen LogP contribution in [0.5, 0.6) is 0 Å². The van der Waals surface area contributed by atoms with Crippen LogP contribution in [-0.4, -0.2) is 15.8 Å². The summed E-state index contributed by atoms with van der Waals surface area (Å²) < 4.78 is 0. The van der Waals surface area contributed by atoms with Gasteiger partial charge in [0.2, 0.25) is 0 Å². The van der Waals surface area contributed by atoms with Gasteiger partial charge in [0.05, 0.1) is 4.92 Å². The number of nitro benzene ring substituents is 1. The molecule has 0 aliphatic heterocycles. The minimum atomic E-state index is -0.514. The van der Waals surface area contributed by atoms with E-state index in [1.807, 2.05) is 0 Å². The number of benzene rings is 1. The maximum Gasteiger partial charge on any atom is 0.286 e. The van der Waals surface area contributed by atoms with Gasteiger partial charge in [0, 0.05) is 30.2 Å². The Bertz CT molecular complexity index is 534. The summed E-state index contributed by atoms with van der Waals surface area (Å²) in [5.41, 5.74) is 0.228. The van der Waals surface area contributed by atoms with E-state index >= 15 is 0 Å². The Morgan fingerprint density at radius 2 is 2.28 bits per heavy atom. The Labute approximate surface area is 114 Å². The molecule has 0 aromatic heterocycles. The normalized spacial score (nSPS) is 9.44. The van der Waals surface area contributed by atoms with Crippen LogP contribution in [0.3, 0.4) is 0 Å². The molecule has 94 valence electrons. The zero-order chi connectivity index (χ0) is 13.5. The quantitative estimate of drug-likeness (QED) is 0.370. The summed E-state index contributed by atoms with van der Waals surface area (Å²) in [6.45, 7) is 1.49. The summed E-state index contributed by atoms with van der Waals surface area (Å²) in [6, 6.07) is 4.35. The van der Waals surface area contributed by atoms with Crippen LogP contribution < -0.4 is 0 Å². The van der Waals surface area contributed by atoms with Crippen molar-refractivity contribution in [1.82, 2.24) is 0 Å². The lowest BCUT2D eigenvalue weighted by Gasteiger charge is -1.96. The van der Waals surface area contributed by atoms with Crippen LogP contribution in [0.15, 0.2) is 18.2 Å². The fourth-order valence-electron chi connectivity index (χ4n) is 1.17. The van der Waals surface area contributed by atoms with Crippen LogP contribution in [0.1, 0.15) is 18.9 Å². The molecule has 0 unspecified atom stereocenters. The summed E-state index contributed by atoms with van der Waals surface area (Å²) in [6.07, 6.45) is 0.504. The number of nitrogens with zero attached hydrogens (tertiary/aromatic N) is 1. The number of hydrogen-bond acceptors (Lipinski definition) is 4. The van der Waals surface area contributed by atoms with E-state index in [1.165, 1.54) is 30.8 Å². The first kappa shape index (κ1) is 14.6. The third-order valence-corrected chi connectivity index (χ3v) is 2.96. The Kier molecular flexibility index (Phi) is 5.69. The number of carbonyl (C=O) groups is 1. The van der Waals surface area contributed by atoms with Crippen molar-refractivity contribution in [3.8, 4) is 11.8 Å². The number of rotatable bonds is 3. The van der Waals surface area contributed by atoms with Crippen molar-refractivity contribution in [3.05, 3.63) is 38.9 Å². The van der Waals surface area contributed by atoms with E-state index in [2.05, 4.69) is 11.8 Å². The fraction of sp³-hybridized carbons (Fsp3) is 0.250. The zero-order valence-corrected chi connectivity index (χ0v) is 11.2. The maximum atomic E-state index is 10.8. The van der Waals surface area contributed by atoms with Gasteiger partial charge >= 0.3 is 0 Å². The van der Waals surface area contributed by atoms with Gasteiger partial charge in [-0.2, -0.15) is 0 Å². The lowest BCUT2D eigenvalue weighted by atomic mass is 10.2. The molecule has 0 saturated heterocycles. The molecular formula is C12H10ClNO3S. The molecule has 0 saturated carbocycles. The van der Waals surface area contributed by atoms with Crippen molar-refractivity contribution in [2.75, 3.05) is 5.75 Å². The molecule has 0 spiro atoms. The SMILES string of the molecule is CC(=O)SCCC#Cc1ccc(Cl)cc1[N+](=O)[O-]. The molecule has 6 heteroatoms. The molecule has 0 radical (unpaired) electrons. The predicted molar refractivity (Wildman–Crippen MR) is 72.7 cm³/mol. The van der Waals surface area contributed by atoms with Gasteiger partial charge in [-0.1, -0.05) is 35.2 Å². The molecule has 0 aliphatic carbocycles. The molecule has 0 heterocycles. The number of nitro groups is 1. The molecule has 0 N–H and O–H groups in total. The highest BCUT2D eigenvalue weighted by Crippen LogP contribution is 2.22. The van der Waals surface area contributed by atoms with E-state index in [0.29, 0.717) is 22.8 Å². The Hall–Kier alpha value is -1.51. The van der Waals surface area contributed by atoms with Crippen molar-refractivity contribution in [3.63, 3.8) is 0 Å². The van der Waals surface area contributed by atoms with Crippen molar-refractivity contribution < 1.29 is 9.72 Å². The first-order valence-electron chi connectivity index (χ1n) is 5.07. The van der Waals surface area contributed by atoms with E-state index < -0.39 is 4.92 Å². The molecule has 0 fully saturated rings. The average molecular weight is 284 g/mol. The molecule has 1 aromatic carbocycles. The van der Waals surface area contributed by atoms with Crippen LogP contribution in [0.2, 0.25) is 5.02 Å². The highest BCUT2D eigenvalue weighted by atomic mass is 35.5. The zero-order valence-electron chi connectivity index (χ0n) is 9.60. The van der Waals surface area contributed by atoms with Crippen molar-refractivity contribution in [2.45, 2.75) is 13.3 Å². The fourth-order valence-corrected chi connectivity index (χ4v) is 1.82. The second kappa shape index (κ2) is 7.04. The van der Waals surface area contributed by atoms with E-state index in [9.17, 15) is 14.9 Å². The van der Waals surface area contributed by atoms with Gasteiger partial charge in [0.25, 0.3) is 5.69 Å². The summed E-state index contributed by atoms with van der Waals surface area (Å²) >= 11 is 6.87. The standard InChI is InChI=1S/C12H10ClNO3S/c1-9(15)18-7-3-2-4-10-5-6-11(13)8-12(10)14(16)17/h5-6,8H,3,7H2,1H3. The lowest BCUT2D eigenvalue weighted by Crippen LogP contribution is -1.92.